The fraction of sp³-hybridized carbons (Fsp3) is 0.333. The minimum Gasteiger partial charge on any atom is -0.496 e. The highest BCUT2D eigenvalue weighted by molar-refractivity contribution is 7.98. The summed E-state index contributed by atoms with van der Waals surface area (Å²) in [5.74, 6) is 1.88. The number of rotatable bonds is 6. The predicted molar refractivity (Wildman–Crippen MR) is 104 cm³/mol. The molecule has 0 fully saturated rings. The molecule has 3 rings (SSSR count). The van der Waals surface area contributed by atoms with Gasteiger partial charge in [-0.1, -0.05) is 23.9 Å². The molecule has 3 aromatic rings. The summed E-state index contributed by atoms with van der Waals surface area (Å²) in [5.41, 5.74) is 0.838. The van der Waals surface area contributed by atoms with Crippen LogP contribution < -0.4 is 16.0 Å². The molecule has 9 heteroatoms. The summed E-state index contributed by atoms with van der Waals surface area (Å²) in [6.45, 7) is 2.69. The molecular formula is C18H21N5O3S. The molecule has 0 radical (unpaired) electrons. The minimum atomic E-state index is -0.343. The summed E-state index contributed by atoms with van der Waals surface area (Å²) in [6.07, 6.45) is 0. The SMILES string of the molecule is CCn1c(SCc2cc(=O)n(C)c(=O)n2C)nnc1-c1ccccc1OC. The monoisotopic (exact) mass is 387 g/mol. The van der Waals surface area contributed by atoms with E-state index >= 15 is 0 Å². The van der Waals surface area contributed by atoms with Gasteiger partial charge in [0, 0.05) is 38.2 Å². The molecule has 0 amide bonds. The van der Waals surface area contributed by atoms with Crippen LogP contribution in [0.4, 0.5) is 0 Å². The first-order valence-corrected chi connectivity index (χ1v) is 9.41. The average Bonchev–Trinajstić information content (AvgIpc) is 3.10. The van der Waals surface area contributed by atoms with E-state index in [4.69, 9.17) is 4.74 Å². The maximum Gasteiger partial charge on any atom is 0.330 e. The Balaban J connectivity index is 1.93. The molecule has 1 aromatic carbocycles. The summed E-state index contributed by atoms with van der Waals surface area (Å²) in [5, 5.41) is 9.34. The van der Waals surface area contributed by atoms with Crippen LogP contribution in [0.25, 0.3) is 11.4 Å². The third kappa shape index (κ3) is 3.55. The maximum absolute atomic E-state index is 12.1. The normalized spacial score (nSPS) is 11.0. The molecule has 0 spiro atoms. The molecular weight excluding hydrogens is 366 g/mol. The van der Waals surface area contributed by atoms with Crippen molar-refractivity contribution in [2.75, 3.05) is 7.11 Å². The molecule has 0 aliphatic carbocycles. The Morgan fingerprint density at radius 3 is 2.56 bits per heavy atom. The Morgan fingerprint density at radius 1 is 1.11 bits per heavy atom. The smallest absolute Gasteiger partial charge is 0.330 e. The van der Waals surface area contributed by atoms with Crippen molar-refractivity contribution < 1.29 is 4.74 Å². The number of aromatic nitrogens is 5. The van der Waals surface area contributed by atoms with Gasteiger partial charge in [0.05, 0.1) is 12.7 Å². The second kappa shape index (κ2) is 7.83. The molecule has 0 aliphatic rings. The Kier molecular flexibility index (Phi) is 5.50. The topological polar surface area (TPSA) is 83.9 Å². The Labute approximate surface area is 160 Å². The van der Waals surface area contributed by atoms with Crippen molar-refractivity contribution in [1.29, 1.82) is 0 Å². The third-order valence-electron chi connectivity index (χ3n) is 4.36. The van der Waals surface area contributed by atoms with Crippen molar-refractivity contribution in [1.82, 2.24) is 23.9 Å². The highest BCUT2D eigenvalue weighted by Gasteiger charge is 2.17. The molecule has 0 atom stereocenters. The van der Waals surface area contributed by atoms with Crippen molar-refractivity contribution in [3.8, 4) is 17.1 Å². The van der Waals surface area contributed by atoms with Crippen molar-refractivity contribution in [3.63, 3.8) is 0 Å². The first-order chi connectivity index (χ1) is 13.0. The summed E-state index contributed by atoms with van der Waals surface area (Å²) in [7, 11) is 4.74. The van der Waals surface area contributed by atoms with Crippen LogP contribution in [0, 0.1) is 0 Å². The quantitative estimate of drug-likeness (QED) is 0.598. The standard InChI is InChI=1S/C18H21N5O3S/c1-5-23-16(13-8-6-7-9-14(13)26-4)19-20-17(23)27-11-12-10-15(24)22(3)18(25)21(12)2/h6-10H,5,11H2,1-4H3. The number of para-hydroxylation sites is 1. The fourth-order valence-electron chi connectivity index (χ4n) is 2.76. The van der Waals surface area contributed by atoms with Crippen LogP contribution in [0.1, 0.15) is 12.6 Å². The number of ether oxygens (including phenoxy) is 1. The predicted octanol–water partition coefficient (Wildman–Crippen LogP) is 1.66. The molecule has 142 valence electrons. The van der Waals surface area contributed by atoms with Gasteiger partial charge in [0.25, 0.3) is 5.56 Å². The van der Waals surface area contributed by atoms with Gasteiger partial charge in [-0.05, 0) is 19.1 Å². The van der Waals surface area contributed by atoms with E-state index < -0.39 is 0 Å². The van der Waals surface area contributed by atoms with Gasteiger partial charge in [-0.2, -0.15) is 0 Å². The van der Waals surface area contributed by atoms with Gasteiger partial charge in [-0.3, -0.25) is 13.9 Å². The summed E-state index contributed by atoms with van der Waals surface area (Å²) in [4.78, 5) is 24.0. The van der Waals surface area contributed by atoms with Crippen LogP contribution in [-0.2, 0) is 26.4 Å². The van der Waals surface area contributed by atoms with Crippen molar-refractivity contribution in [3.05, 3.63) is 56.9 Å². The van der Waals surface area contributed by atoms with Gasteiger partial charge < -0.3 is 9.30 Å². The van der Waals surface area contributed by atoms with Crippen LogP contribution in [0.15, 0.2) is 45.1 Å². The molecule has 0 aliphatic heterocycles. The van der Waals surface area contributed by atoms with Gasteiger partial charge in [0.15, 0.2) is 11.0 Å². The number of benzene rings is 1. The van der Waals surface area contributed by atoms with E-state index in [1.54, 1.807) is 14.2 Å². The van der Waals surface area contributed by atoms with Gasteiger partial charge >= 0.3 is 5.69 Å². The molecule has 27 heavy (non-hydrogen) atoms. The molecule has 0 N–H and O–H groups in total. The molecule has 0 unspecified atom stereocenters. The third-order valence-corrected chi connectivity index (χ3v) is 5.36. The van der Waals surface area contributed by atoms with E-state index in [-0.39, 0.29) is 11.2 Å². The fourth-order valence-corrected chi connectivity index (χ4v) is 3.79. The average molecular weight is 387 g/mol. The highest BCUT2D eigenvalue weighted by Crippen LogP contribution is 2.31. The first-order valence-electron chi connectivity index (χ1n) is 8.43. The van der Waals surface area contributed by atoms with E-state index in [0.29, 0.717) is 23.1 Å². The van der Waals surface area contributed by atoms with E-state index in [1.807, 2.05) is 35.8 Å². The van der Waals surface area contributed by atoms with Crippen molar-refractivity contribution in [2.45, 2.75) is 24.4 Å². The summed E-state index contributed by atoms with van der Waals surface area (Å²) < 4.78 is 9.98. The second-order valence-electron chi connectivity index (χ2n) is 5.91. The van der Waals surface area contributed by atoms with E-state index in [1.165, 1.54) is 29.4 Å². The van der Waals surface area contributed by atoms with Gasteiger partial charge in [-0.15, -0.1) is 10.2 Å². The van der Waals surface area contributed by atoms with E-state index in [9.17, 15) is 9.59 Å². The van der Waals surface area contributed by atoms with Crippen LogP contribution in [0.2, 0.25) is 0 Å². The minimum absolute atomic E-state index is 0.319. The van der Waals surface area contributed by atoms with E-state index in [2.05, 4.69) is 10.2 Å². The molecule has 2 aromatic heterocycles. The van der Waals surface area contributed by atoms with Crippen LogP contribution >= 0.6 is 11.8 Å². The first kappa shape index (κ1) is 19.0. The largest absolute Gasteiger partial charge is 0.496 e. The van der Waals surface area contributed by atoms with Crippen LogP contribution in [-0.4, -0.2) is 31.0 Å². The molecule has 0 bridgehead atoms. The zero-order chi connectivity index (χ0) is 19.6. The number of methoxy groups -OCH3 is 1. The summed E-state index contributed by atoms with van der Waals surface area (Å²) >= 11 is 1.43. The number of thioether (sulfide) groups is 1. The van der Waals surface area contributed by atoms with E-state index in [0.717, 1.165) is 21.7 Å². The van der Waals surface area contributed by atoms with Gasteiger partial charge in [-0.25, -0.2) is 4.79 Å². The van der Waals surface area contributed by atoms with Crippen LogP contribution in [0.3, 0.4) is 0 Å². The van der Waals surface area contributed by atoms with Crippen LogP contribution in [0.5, 0.6) is 5.75 Å². The van der Waals surface area contributed by atoms with Gasteiger partial charge in [0.2, 0.25) is 0 Å². The molecule has 0 saturated carbocycles. The lowest BCUT2D eigenvalue weighted by Crippen LogP contribution is -2.37. The zero-order valence-electron chi connectivity index (χ0n) is 15.7. The Morgan fingerprint density at radius 2 is 1.85 bits per heavy atom. The second-order valence-corrected chi connectivity index (χ2v) is 6.86. The number of hydrogen-bond donors (Lipinski definition) is 0. The number of hydrogen-bond acceptors (Lipinski definition) is 6. The highest BCUT2D eigenvalue weighted by atomic mass is 32.2. The Hall–Kier alpha value is -2.81. The van der Waals surface area contributed by atoms with Crippen molar-refractivity contribution >= 4 is 11.8 Å². The lowest BCUT2D eigenvalue weighted by atomic mass is 10.2. The van der Waals surface area contributed by atoms with Crippen molar-refractivity contribution in [2.24, 2.45) is 14.1 Å². The molecule has 8 nitrogen and oxygen atoms in total. The zero-order valence-corrected chi connectivity index (χ0v) is 16.5. The molecule has 2 heterocycles. The number of nitrogens with zero attached hydrogens (tertiary/aromatic N) is 5. The maximum atomic E-state index is 12.1. The molecule has 0 saturated heterocycles. The summed E-state index contributed by atoms with van der Waals surface area (Å²) in [6, 6.07) is 9.12. The lowest BCUT2D eigenvalue weighted by molar-refractivity contribution is 0.416. The lowest BCUT2D eigenvalue weighted by Gasteiger charge is -2.11. The van der Waals surface area contributed by atoms with Gasteiger partial charge in [0.1, 0.15) is 5.75 Å². The Bertz CT molecular complexity index is 1080.